The minimum Gasteiger partial charge on any atom is -0.465 e. The highest BCUT2D eigenvalue weighted by Crippen LogP contribution is 2.37. The molecule has 1 aliphatic rings. The zero-order chi connectivity index (χ0) is 24.2. The molecular weight excluding hydrogens is 441 g/mol. The summed E-state index contributed by atoms with van der Waals surface area (Å²) in [5, 5.41) is 35.6. The molecule has 1 saturated carbocycles. The Bertz CT molecular complexity index is 1220. The average Bonchev–Trinajstić information content (AvgIpc) is 3.51. The maximum absolute atomic E-state index is 14.9. The topological polar surface area (TPSA) is 154 Å². The number of aryl methyl sites for hydroxylation is 1. The molecule has 0 aliphatic heterocycles. The minimum absolute atomic E-state index is 0.0149. The van der Waals surface area contributed by atoms with Gasteiger partial charge in [0.25, 0.3) is 0 Å². The summed E-state index contributed by atoms with van der Waals surface area (Å²) < 4.78 is 14.9. The highest BCUT2D eigenvalue weighted by Gasteiger charge is 2.37. The van der Waals surface area contributed by atoms with E-state index in [2.05, 4.69) is 36.1 Å². The number of aromatic nitrogens is 5. The second kappa shape index (κ2) is 9.70. The fraction of sp³-hybridized carbons (Fsp3) is 0.364. The third kappa shape index (κ3) is 5.03. The summed E-state index contributed by atoms with van der Waals surface area (Å²) in [6.45, 7) is 3.68. The number of rotatable bonds is 9. The Morgan fingerprint density at radius 2 is 2.06 bits per heavy atom. The predicted molar refractivity (Wildman–Crippen MR) is 121 cm³/mol. The number of carbonyl (C=O) groups is 1. The van der Waals surface area contributed by atoms with Crippen LogP contribution in [0.2, 0.25) is 0 Å². The van der Waals surface area contributed by atoms with Crippen LogP contribution in [0.25, 0.3) is 5.69 Å². The summed E-state index contributed by atoms with van der Waals surface area (Å²) in [5.41, 5.74) is 1.85. The van der Waals surface area contributed by atoms with Gasteiger partial charge in [-0.1, -0.05) is 6.92 Å². The zero-order valence-electron chi connectivity index (χ0n) is 18.7. The van der Waals surface area contributed by atoms with E-state index in [1.54, 1.807) is 24.7 Å². The van der Waals surface area contributed by atoms with Gasteiger partial charge in [-0.15, -0.1) is 4.80 Å². The van der Waals surface area contributed by atoms with Crippen LogP contribution >= 0.6 is 0 Å². The Hall–Kier alpha value is -4.27. The van der Waals surface area contributed by atoms with E-state index >= 15 is 0 Å². The van der Waals surface area contributed by atoms with Gasteiger partial charge in [-0.3, -0.25) is 4.98 Å². The van der Waals surface area contributed by atoms with Crippen LogP contribution in [0.5, 0.6) is 0 Å². The molecule has 3 aromatic rings. The molecule has 0 radical (unpaired) electrons. The van der Waals surface area contributed by atoms with Crippen molar-refractivity contribution in [2.75, 3.05) is 10.6 Å². The van der Waals surface area contributed by atoms with Gasteiger partial charge in [-0.05, 0) is 44.2 Å². The van der Waals surface area contributed by atoms with E-state index in [0.717, 1.165) is 18.9 Å². The van der Waals surface area contributed by atoms with Crippen LogP contribution in [-0.4, -0.2) is 48.2 Å². The van der Waals surface area contributed by atoms with Crippen LogP contribution in [0.15, 0.2) is 30.7 Å². The van der Waals surface area contributed by atoms with E-state index in [1.807, 2.05) is 19.9 Å². The predicted octanol–water partition coefficient (Wildman–Crippen LogP) is 3.36. The first-order chi connectivity index (χ1) is 16.4. The van der Waals surface area contributed by atoms with Gasteiger partial charge >= 0.3 is 6.09 Å². The van der Waals surface area contributed by atoms with Gasteiger partial charge in [-0.2, -0.15) is 15.5 Å². The van der Waals surface area contributed by atoms with Crippen LogP contribution in [0.3, 0.4) is 0 Å². The molecule has 176 valence electrons. The van der Waals surface area contributed by atoms with Gasteiger partial charge in [0, 0.05) is 0 Å². The first kappa shape index (κ1) is 22.9. The van der Waals surface area contributed by atoms with Crippen LogP contribution in [-0.2, 0) is 0 Å². The molecule has 12 heteroatoms. The van der Waals surface area contributed by atoms with Crippen LogP contribution in [0, 0.1) is 30.0 Å². The standard InChI is InChI=1S/C22H24FN9O2/c1-3-17(29-22(33)34)19(13-4-5-13)30-21-16(23)8-14(10-24)20(31-21)28-15-9-18(12(2)25-11-15)32-26-6-7-27-32/h6-9,11,13,17,19,29H,3-5H2,1-2H3,(H,33,34)(H2,28,30,31)/t17-,19-/m0/s1. The van der Waals surface area contributed by atoms with E-state index in [0.29, 0.717) is 23.5 Å². The quantitative estimate of drug-likeness (QED) is 0.372. The Labute approximate surface area is 195 Å². The normalized spacial score (nSPS) is 14.6. The van der Waals surface area contributed by atoms with Gasteiger partial charge in [0.1, 0.15) is 11.8 Å². The molecule has 1 aliphatic carbocycles. The number of carboxylic acid groups (broad SMARTS) is 1. The van der Waals surface area contributed by atoms with E-state index in [-0.39, 0.29) is 29.2 Å². The smallest absolute Gasteiger partial charge is 0.404 e. The van der Waals surface area contributed by atoms with Gasteiger partial charge in [0.2, 0.25) is 0 Å². The Balaban J connectivity index is 1.64. The third-order valence-electron chi connectivity index (χ3n) is 5.67. The lowest BCUT2D eigenvalue weighted by atomic mass is 10.0. The maximum Gasteiger partial charge on any atom is 0.404 e. The number of hydrogen-bond acceptors (Lipinski definition) is 8. The monoisotopic (exact) mass is 465 g/mol. The molecule has 0 saturated heterocycles. The molecular formula is C22H24FN9O2. The summed E-state index contributed by atoms with van der Waals surface area (Å²) in [4.78, 5) is 21.3. The van der Waals surface area contributed by atoms with E-state index in [9.17, 15) is 19.6 Å². The van der Waals surface area contributed by atoms with Crippen LogP contribution in [0.4, 0.5) is 26.5 Å². The first-order valence-electron chi connectivity index (χ1n) is 10.9. The van der Waals surface area contributed by atoms with Crippen molar-refractivity contribution in [1.29, 1.82) is 5.26 Å². The number of nitrogens with one attached hydrogen (secondary N) is 3. The Kier molecular flexibility index (Phi) is 6.53. The van der Waals surface area contributed by atoms with Crippen molar-refractivity contribution in [3.8, 4) is 11.8 Å². The zero-order valence-corrected chi connectivity index (χ0v) is 18.7. The highest BCUT2D eigenvalue weighted by molar-refractivity contribution is 5.67. The molecule has 1 amide bonds. The number of nitriles is 1. The number of halogens is 1. The summed E-state index contributed by atoms with van der Waals surface area (Å²) in [7, 11) is 0. The molecule has 4 N–H and O–H groups in total. The molecule has 34 heavy (non-hydrogen) atoms. The SMILES string of the molecule is CC[C@H](NC(=O)O)[C@@H](Nc1nc(Nc2cnc(C)c(-n3nccn3)c2)c(C#N)cc1F)C1CC1. The fourth-order valence-electron chi connectivity index (χ4n) is 3.80. The maximum atomic E-state index is 14.9. The first-order valence-corrected chi connectivity index (χ1v) is 10.9. The van der Waals surface area contributed by atoms with E-state index in [4.69, 9.17) is 0 Å². The van der Waals surface area contributed by atoms with Gasteiger partial charge in [0.15, 0.2) is 17.5 Å². The second-order valence-corrected chi connectivity index (χ2v) is 8.07. The molecule has 1 fully saturated rings. The number of pyridine rings is 2. The molecule has 0 bridgehead atoms. The van der Waals surface area contributed by atoms with E-state index in [1.165, 1.54) is 4.80 Å². The molecule has 0 spiro atoms. The van der Waals surface area contributed by atoms with Crippen molar-refractivity contribution < 1.29 is 14.3 Å². The lowest BCUT2D eigenvalue weighted by Gasteiger charge is -2.28. The van der Waals surface area contributed by atoms with Gasteiger partial charge < -0.3 is 21.1 Å². The number of anilines is 3. The third-order valence-corrected chi connectivity index (χ3v) is 5.67. The van der Waals surface area contributed by atoms with Crippen LogP contribution in [0.1, 0.15) is 37.4 Å². The summed E-state index contributed by atoms with van der Waals surface area (Å²) >= 11 is 0. The highest BCUT2D eigenvalue weighted by atomic mass is 19.1. The van der Waals surface area contributed by atoms with Crippen molar-refractivity contribution >= 4 is 23.4 Å². The molecule has 3 aromatic heterocycles. The van der Waals surface area contributed by atoms with Crippen LogP contribution < -0.4 is 16.0 Å². The molecule has 0 unspecified atom stereocenters. The summed E-state index contributed by atoms with van der Waals surface area (Å²) in [6.07, 6.45) is 5.89. The molecule has 11 nitrogen and oxygen atoms in total. The molecule has 2 atom stereocenters. The van der Waals surface area contributed by atoms with E-state index < -0.39 is 18.0 Å². The molecule has 4 rings (SSSR count). The lowest BCUT2D eigenvalue weighted by molar-refractivity contribution is 0.187. The molecule has 0 aromatic carbocycles. The van der Waals surface area contributed by atoms with Crippen molar-refractivity contribution in [1.82, 2.24) is 30.3 Å². The second-order valence-electron chi connectivity index (χ2n) is 8.07. The van der Waals surface area contributed by atoms with Crippen molar-refractivity contribution in [3.63, 3.8) is 0 Å². The van der Waals surface area contributed by atoms with Gasteiger partial charge in [0.05, 0.1) is 47.6 Å². The summed E-state index contributed by atoms with van der Waals surface area (Å²) in [5.74, 6) is -0.403. The minimum atomic E-state index is -1.13. The summed E-state index contributed by atoms with van der Waals surface area (Å²) in [6, 6.07) is 4.06. The number of amides is 1. The number of nitrogens with zero attached hydrogens (tertiary/aromatic N) is 6. The number of hydrogen-bond donors (Lipinski definition) is 4. The van der Waals surface area contributed by atoms with Gasteiger partial charge in [-0.25, -0.2) is 14.2 Å². The molecule has 3 heterocycles. The Morgan fingerprint density at radius 3 is 2.68 bits per heavy atom. The van der Waals surface area contributed by atoms with Crippen molar-refractivity contribution in [3.05, 3.63) is 47.8 Å². The lowest BCUT2D eigenvalue weighted by Crippen LogP contribution is -2.47. The average molecular weight is 465 g/mol. The van der Waals surface area contributed by atoms with Crippen molar-refractivity contribution in [2.24, 2.45) is 5.92 Å². The largest absolute Gasteiger partial charge is 0.465 e. The fourth-order valence-corrected chi connectivity index (χ4v) is 3.80. The Morgan fingerprint density at radius 1 is 1.32 bits per heavy atom. The van der Waals surface area contributed by atoms with Crippen molar-refractivity contribution in [2.45, 2.75) is 45.2 Å².